The third-order valence-corrected chi connectivity index (χ3v) is 3.91. The molecule has 7 heteroatoms. The third kappa shape index (κ3) is 4.95. The van der Waals surface area contributed by atoms with E-state index in [2.05, 4.69) is 15.9 Å². The molecule has 0 aliphatic heterocycles. The van der Waals surface area contributed by atoms with Crippen LogP contribution < -0.4 is 5.73 Å². The molecule has 1 heterocycles. The first-order valence-corrected chi connectivity index (χ1v) is 6.68. The maximum atomic E-state index is 12.1. The Morgan fingerprint density at radius 1 is 1.53 bits per heavy atom. The molecule has 0 radical (unpaired) electrons. The van der Waals surface area contributed by atoms with Crippen molar-refractivity contribution in [3.63, 3.8) is 0 Å². The van der Waals surface area contributed by atoms with E-state index in [4.69, 9.17) is 10.5 Å². The van der Waals surface area contributed by atoms with Crippen LogP contribution in [0.1, 0.15) is 24.3 Å². The lowest BCUT2D eigenvalue weighted by molar-refractivity contribution is -0.187. The highest BCUT2D eigenvalue weighted by Crippen LogP contribution is 2.31. The van der Waals surface area contributed by atoms with Gasteiger partial charge < -0.3 is 10.5 Å². The standard InChI is InChI=1S/C10H13BrF3NOS/c1-2-7(15)9(16-5-10(12,13)14)8-3-6(11)4-17-8/h3-4,7,9H,2,5,15H2,1H3. The van der Waals surface area contributed by atoms with Crippen molar-refractivity contribution >= 4 is 27.3 Å². The fourth-order valence-electron chi connectivity index (χ4n) is 1.29. The summed E-state index contributed by atoms with van der Waals surface area (Å²) in [5.74, 6) is 0. The highest BCUT2D eigenvalue weighted by molar-refractivity contribution is 9.10. The number of hydrogen-bond acceptors (Lipinski definition) is 3. The van der Waals surface area contributed by atoms with Gasteiger partial charge in [0.25, 0.3) is 0 Å². The number of nitrogens with two attached hydrogens (primary N) is 1. The van der Waals surface area contributed by atoms with E-state index < -0.39 is 24.9 Å². The Hall–Kier alpha value is -0.110. The predicted octanol–water partition coefficient (Wildman–Crippen LogP) is 3.87. The maximum absolute atomic E-state index is 12.1. The average molecular weight is 332 g/mol. The quantitative estimate of drug-likeness (QED) is 0.888. The normalized spacial score (nSPS) is 15.9. The van der Waals surface area contributed by atoms with E-state index in [1.807, 2.05) is 6.92 Å². The molecule has 17 heavy (non-hydrogen) atoms. The van der Waals surface area contributed by atoms with Crippen LogP contribution in [0.4, 0.5) is 13.2 Å². The van der Waals surface area contributed by atoms with Gasteiger partial charge in [0, 0.05) is 20.8 Å². The lowest BCUT2D eigenvalue weighted by Crippen LogP contribution is -2.31. The van der Waals surface area contributed by atoms with E-state index in [0.717, 1.165) is 4.47 Å². The minimum atomic E-state index is -4.33. The molecule has 1 aromatic heterocycles. The Kier molecular flexibility index (Phi) is 5.43. The van der Waals surface area contributed by atoms with Gasteiger partial charge in [-0.2, -0.15) is 13.2 Å². The molecule has 98 valence electrons. The molecule has 0 aromatic carbocycles. The van der Waals surface area contributed by atoms with Crippen LogP contribution in [0.15, 0.2) is 15.9 Å². The average Bonchev–Trinajstić information content (AvgIpc) is 2.63. The fourth-order valence-corrected chi connectivity index (χ4v) is 2.86. The summed E-state index contributed by atoms with van der Waals surface area (Å²) >= 11 is 4.59. The van der Waals surface area contributed by atoms with Crippen LogP contribution in [0, 0.1) is 0 Å². The molecule has 2 nitrogen and oxygen atoms in total. The van der Waals surface area contributed by atoms with Gasteiger partial charge in [-0.3, -0.25) is 0 Å². The molecule has 0 bridgehead atoms. The van der Waals surface area contributed by atoms with Gasteiger partial charge in [0.05, 0.1) is 0 Å². The van der Waals surface area contributed by atoms with Crippen LogP contribution in [-0.2, 0) is 4.74 Å². The first-order valence-electron chi connectivity index (χ1n) is 5.01. The zero-order valence-electron chi connectivity index (χ0n) is 9.13. The zero-order valence-corrected chi connectivity index (χ0v) is 11.5. The van der Waals surface area contributed by atoms with Crippen molar-refractivity contribution < 1.29 is 17.9 Å². The number of alkyl halides is 3. The molecular weight excluding hydrogens is 319 g/mol. The first kappa shape index (κ1) is 14.9. The topological polar surface area (TPSA) is 35.2 Å². The lowest BCUT2D eigenvalue weighted by atomic mass is 10.1. The fraction of sp³-hybridized carbons (Fsp3) is 0.600. The Labute approximate surface area is 110 Å². The summed E-state index contributed by atoms with van der Waals surface area (Å²) in [7, 11) is 0. The number of thiophene rings is 1. The van der Waals surface area contributed by atoms with Crippen LogP contribution in [0.3, 0.4) is 0 Å². The van der Waals surface area contributed by atoms with Gasteiger partial charge in [-0.1, -0.05) is 6.92 Å². The van der Waals surface area contributed by atoms with Gasteiger partial charge >= 0.3 is 6.18 Å². The van der Waals surface area contributed by atoms with E-state index in [-0.39, 0.29) is 0 Å². The Morgan fingerprint density at radius 3 is 2.59 bits per heavy atom. The predicted molar refractivity (Wildman–Crippen MR) is 65.0 cm³/mol. The second-order valence-corrected chi connectivity index (χ2v) is 5.44. The monoisotopic (exact) mass is 331 g/mol. The van der Waals surface area contributed by atoms with E-state index in [9.17, 15) is 13.2 Å². The molecule has 1 aromatic rings. The summed E-state index contributed by atoms with van der Waals surface area (Å²) in [6.45, 7) is 0.540. The number of halogens is 4. The molecule has 0 fully saturated rings. The van der Waals surface area contributed by atoms with Crippen LogP contribution in [-0.4, -0.2) is 18.8 Å². The van der Waals surface area contributed by atoms with Crippen molar-refractivity contribution in [2.24, 2.45) is 5.73 Å². The van der Waals surface area contributed by atoms with Gasteiger partial charge in [-0.05, 0) is 28.4 Å². The van der Waals surface area contributed by atoms with Gasteiger partial charge in [0.2, 0.25) is 0 Å². The second kappa shape index (κ2) is 6.17. The van der Waals surface area contributed by atoms with Crippen molar-refractivity contribution in [1.29, 1.82) is 0 Å². The van der Waals surface area contributed by atoms with E-state index in [1.165, 1.54) is 11.3 Å². The van der Waals surface area contributed by atoms with Crippen LogP contribution >= 0.6 is 27.3 Å². The molecule has 0 saturated carbocycles. The minimum Gasteiger partial charge on any atom is -0.362 e. The number of hydrogen-bond donors (Lipinski definition) is 1. The van der Waals surface area contributed by atoms with Crippen LogP contribution in [0.5, 0.6) is 0 Å². The largest absolute Gasteiger partial charge is 0.411 e. The van der Waals surface area contributed by atoms with Crippen LogP contribution in [0.2, 0.25) is 0 Å². The smallest absolute Gasteiger partial charge is 0.362 e. The molecule has 2 unspecified atom stereocenters. The minimum absolute atomic E-state index is 0.442. The van der Waals surface area contributed by atoms with Gasteiger partial charge in [-0.15, -0.1) is 11.3 Å². The third-order valence-electron chi connectivity index (χ3n) is 2.15. The maximum Gasteiger partial charge on any atom is 0.411 e. The van der Waals surface area contributed by atoms with Gasteiger partial charge in [0.1, 0.15) is 12.7 Å². The first-order chi connectivity index (χ1) is 7.83. The molecule has 1 rings (SSSR count). The Balaban J connectivity index is 2.74. The summed E-state index contributed by atoms with van der Waals surface area (Å²) in [6, 6.07) is 1.30. The van der Waals surface area contributed by atoms with Crippen LogP contribution in [0.25, 0.3) is 0 Å². The van der Waals surface area contributed by atoms with Crippen molar-refractivity contribution in [1.82, 2.24) is 0 Å². The SMILES string of the molecule is CCC(N)C(OCC(F)(F)F)c1cc(Br)cs1. The lowest BCUT2D eigenvalue weighted by Gasteiger charge is -2.23. The van der Waals surface area contributed by atoms with Crippen molar-refractivity contribution in [2.75, 3.05) is 6.61 Å². The molecule has 2 N–H and O–H groups in total. The molecule has 0 aliphatic rings. The number of rotatable bonds is 5. The highest BCUT2D eigenvalue weighted by Gasteiger charge is 2.31. The van der Waals surface area contributed by atoms with Gasteiger partial charge in [0.15, 0.2) is 0 Å². The summed E-state index contributed by atoms with van der Waals surface area (Å²) in [4.78, 5) is 0.704. The highest BCUT2D eigenvalue weighted by atomic mass is 79.9. The summed E-state index contributed by atoms with van der Waals surface area (Å²) < 4.78 is 42.1. The molecule has 0 spiro atoms. The van der Waals surface area contributed by atoms with E-state index in [0.29, 0.717) is 11.3 Å². The molecule has 0 saturated heterocycles. The molecule has 0 aliphatic carbocycles. The Morgan fingerprint density at radius 2 is 2.18 bits per heavy atom. The number of ether oxygens (including phenoxy) is 1. The van der Waals surface area contributed by atoms with Crippen molar-refractivity contribution in [2.45, 2.75) is 31.7 Å². The summed E-state index contributed by atoms with van der Waals surface area (Å²) in [5.41, 5.74) is 5.79. The summed E-state index contributed by atoms with van der Waals surface area (Å²) in [6.07, 6.45) is -4.49. The second-order valence-electron chi connectivity index (χ2n) is 3.59. The summed E-state index contributed by atoms with van der Waals surface area (Å²) in [5, 5.41) is 1.79. The molecular formula is C10H13BrF3NOS. The van der Waals surface area contributed by atoms with Crippen molar-refractivity contribution in [3.8, 4) is 0 Å². The molecule has 2 atom stereocenters. The van der Waals surface area contributed by atoms with Crippen molar-refractivity contribution in [3.05, 3.63) is 20.8 Å². The van der Waals surface area contributed by atoms with E-state index >= 15 is 0 Å². The molecule has 0 amide bonds. The zero-order chi connectivity index (χ0) is 13.1. The van der Waals surface area contributed by atoms with Gasteiger partial charge in [-0.25, -0.2) is 0 Å². The Bertz CT molecular complexity index is 356. The van der Waals surface area contributed by atoms with E-state index in [1.54, 1.807) is 11.4 Å².